The van der Waals surface area contributed by atoms with E-state index in [1.807, 2.05) is 6.92 Å². The highest BCUT2D eigenvalue weighted by Gasteiger charge is 2.22. The fourth-order valence-electron chi connectivity index (χ4n) is 1.49. The minimum absolute atomic E-state index is 0.266. The number of hydrogen-bond donors (Lipinski definition) is 1. The molecule has 4 nitrogen and oxygen atoms in total. The van der Waals surface area contributed by atoms with Crippen molar-refractivity contribution in [1.29, 1.82) is 0 Å². The van der Waals surface area contributed by atoms with E-state index in [1.165, 1.54) is 16.4 Å². The summed E-state index contributed by atoms with van der Waals surface area (Å²) in [6, 6.07) is 6.22. The normalized spacial score (nSPS) is 11.6. The quantitative estimate of drug-likeness (QED) is 0.622. The van der Waals surface area contributed by atoms with Crippen molar-refractivity contribution < 1.29 is 8.42 Å². The summed E-state index contributed by atoms with van der Waals surface area (Å²) in [6.07, 6.45) is 2.35. The second-order valence-corrected chi connectivity index (χ2v) is 5.66. The van der Waals surface area contributed by atoms with Gasteiger partial charge in [0.05, 0.1) is 4.90 Å². The van der Waals surface area contributed by atoms with Crippen LogP contribution in [-0.2, 0) is 10.0 Å². The van der Waals surface area contributed by atoms with E-state index >= 15 is 0 Å². The molecule has 0 heterocycles. The SMILES string of the molecule is C=CCN(CCC)S(=O)(=O)c1ccc(N)cc1. The fourth-order valence-corrected chi connectivity index (χ4v) is 2.99. The summed E-state index contributed by atoms with van der Waals surface area (Å²) in [5, 5.41) is 0. The Hall–Kier alpha value is -1.33. The molecule has 0 unspecified atom stereocenters. The van der Waals surface area contributed by atoms with E-state index < -0.39 is 10.0 Å². The third-order valence-corrected chi connectivity index (χ3v) is 4.20. The molecule has 0 aliphatic rings. The number of hydrogen-bond acceptors (Lipinski definition) is 3. The van der Waals surface area contributed by atoms with Crippen LogP contribution in [0.15, 0.2) is 41.8 Å². The minimum Gasteiger partial charge on any atom is -0.399 e. The first-order valence-corrected chi connectivity index (χ1v) is 6.93. The number of benzene rings is 1. The number of rotatable bonds is 6. The predicted octanol–water partition coefficient (Wildman–Crippen LogP) is 1.86. The van der Waals surface area contributed by atoms with Crippen molar-refractivity contribution in [3.63, 3.8) is 0 Å². The molecule has 0 saturated carbocycles. The Labute approximate surface area is 103 Å². The fraction of sp³-hybridized carbons (Fsp3) is 0.333. The molecule has 0 spiro atoms. The Morgan fingerprint density at radius 3 is 2.41 bits per heavy atom. The molecule has 1 rings (SSSR count). The van der Waals surface area contributed by atoms with E-state index in [1.54, 1.807) is 18.2 Å². The van der Waals surface area contributed by atoms with Gasteiger partial charge in [-0.3, -0.25) is 0 Å². The van der Waals surface area contributed by atoms with E-state index in [4.69, 9.17) is 5.73 Å². The Morgan fingerprint density at radius 2 is 1.94 bits per heavy atom. The number of sulfonamides is 1. The molecule has 5 heteroatoms. The van der Waals surface area contributed by atoms with Crippen molar-refractivity contribution in [3.8, 4) is 0 Å². The maximum atomic E-state index is 12.3. The molecule has 0 radical (unpaired) electrons. The van der Waals surface area contributed by atoms with Crippen LogP contribution < -0.4 is 5.73 Å². The highest BCUT2D eigenvalue weighted by molar-refractivity contribution is 7.89. The van der Waals surface area contributed by atoms with Crippen LogP contribution in [0.2, 0.25) is 0 Å². The first kappa shape index (κ1) is 13.7. The molecule has 0 amide bonds. The number of anilines is 1. The molecular weight excluding hydrogens is 236 g/mol. The van der Waals surface area contributed by atoms with Gasteiger partial charge < -0.3 is 5.73 Å². The summed E-state index contributed by atoms with van der Waals surface area (Å²) in [4.78, 5) is 0.266. The highest BCUT2D eigenvalue weighted by Crippen LogP contribution is 2.17. The first-order chi connectivity index (χ1) is 8.02. The van der Waals surface area contributed by atoms with Crippen LogP contribution in [0.25, 0.3) is 0 Å². The van der Waals surface area contributed by atoms with Crippen molar-refractivity contribution in [2.24, 2.45) is 0 Å². The number of nitrogen functional groups attached to an aromatic ring is 1. The van der Waals surface area contributed by atoms with Gasteiger partial charge in [-0.15, -0.1) is 6.58 Å². The molecule has 0 aliphatic carbocycles. The van der Waals surface area contributed by atoms with Crippen LogP contribution in [-0.4, -0.2) is 25.8 Å². The Balaban J connectivity index is 3.06. The Bertz CT molecular complexity index is 466. The lowest BCUT2D eigenvalue weighted by Crippen LogP contribution is -2.31. The number of nitrogens with zero attached hydrogens (tertiary/aromatic N) is 1. The van der Waals surface area contributed by atoms with Crippen LogP contribution in [0.3, 0.4) is 0 Å². The summed E-state index contributed by atoms with van der Waals surface area (Å²) in [6.45, 7) is 6.32. The molecule has 1 aromatic rings. The van der Waals surface area contributed by atoms with Gasteiger partial charge in [0.2, 0.25) is 10.0 Å². The van der Waals surface area contributed by atoms with Crippen LogP contribution in [0, 0.1) is 0 Å². The monoisotopic (exact) mass is 254 g/mol. The maximum Gasteiger partial charge on any atom is 0.243 e. The molecule has 0 atom stereocenters. The van der Waals surface area contributed by atoms with Gasteiger partial charge in [-0.05, 0) is 30.7 Å². The lowest BCUT2D eigenvalue weighted by atomic mass is 10.3. The second kappa shape index (κ2) is 5.84. The first-order valence-electron chi connectivity index (χ1n) is 5.49. The molecule has 0 fully saturated rings. The average molecular weight is 254 g/mol. The van der Waals surface area contributed by atoms with E-state index in [2.05, 4.69) is 6.58 Å². The van der Waals surface area contributed by atoms with Crippen LogP contribution in [0.1, 0.15) is 13.3 Å². The zero-order valence-corrected chi connectivity index (χ0v) is 10.8. The summed E-state index contributed by atoms with van der Waals surface area (Å²) < 4.78 is 25.9. The molecule has 1 aromatic carbocycles. The molecule has 0 bridgehead atoms. The maximum absolute atomic E-state index is 12.3. The van der Waals surface area contributed by atoms with E-state index in [0.717, 1.165) is 6.42 Å². The zero-order valence-electron chi connectivity index (χ0n) is 9.96. The van der Waals surface area contributed by atoms with Gasteiger partial charge in [-0.2, -0.15) is 4.31 Å². The topological polar surface area (TPSA) is 63.4 Å². The molecule has 0 saturated heterocycles. The Kier molecular flexibility index (Phi) is 4.72. The van der Waals surface area contributed by atoms with Crippen molar-refractivity contribution in [2.75, 3.05) is 18.8 Å². The lowest BCUT2D eigenvalue weighted by Gasteiger charge is -2.19. The third-order valence-electron chi connectivity index (χ3n) is 2.32. The van der Waals surface area contributed by atoms with Crippen LogP contribution in [0.4, 0.5) is 5.69 Å². The highest BCUT2D eigenvalue weighted by atomic mass is 32.2. The second-order valence-electron chi connectivity index (χ2n) is 3.72. The Morgan fingerprint density at radius 1 is 1.35 bits per heavy atom. The van der Waals surface area contributed by atoms with E-state index in [0.29, 0.717) is 18.8 Å². The van der Waals surface area contributed by atoms with E-state index in [-0.39, 0.29) is 4.90 Å². The molecular formula is C12H18N2O2S. The average Bonchev–Trinajstić information content (AvgIpc) is 2.29. The standard InChI is InChI=1S/C12H18N2O2S/c1-3-9-14(10-4-2)17(15,16)12-7-5-11(13)6-8-12/h3,5-8H,1,4,9-10,13H2,2H3. The van der Waals surface area contributed by atoms with Crippen molar-refractivity contribution in [3.05, 3.63) is 36.9 Å². The number of nitrogens with two attached hydrogens (primary N) is 1. The van der Waals surface area contributed by atoms with Crippen LogP contribution >= 0.6 is 0 Å². The minimum atomic E-state index is -3.44. The molecule has 0 aromatic heterocycles. The van der Waals surface area contributed by atoms with Gasteiger partial charge in [-0.1, -0.05) is 13.0 Å². The van der Waals surface area contributed by atoms with Crippen LogP contribution in [0.5, 0.6) is 0 Å². The third kappa shape index (κ3) is 3.31. The van der Waals surface area contributed by atoms with Crippen molar-refractivity contribution >= 4 is 15.7 Å². The smallest absolute Gasteiger partial charge is 0.243 e. The van der Waals surface area contributed by atoms with Gasteiger partial charge >= 0.3 is 0 Å². The van der Waals surface area contributed by atoms with E-state index in [9.17, 15) is 8.42 Å². The van der Waals surface area contributed by atoms with Gasteiger partial charge in [-0.25, -0.2) is 8.42 Å². The molecule has 2 N–H and O–H groups in total. The summed E-state index contributed by atoms with van der Waals surface area (Å²) in [5.41, 5.74) is 6.09. The predicted molar refractivity (Wildman–Crippen MR) is 70.1 cm³/mol. The van der Waals surface area contributed by atoms with Gasteiger partial charge in [0.25, 0.3) is 0 Å². The summed E-state index contributed by atoms with van der Waals surface area (Å²) in [7, 11) is -3.44. The van der Waals surface area contributed by atoms with Gasteiger partial charge in [0.1, 0.15) is 0 Å². The zero-order chi connectivity index (χ0) is 12.9. The summed E-state index contributed by atoms with van der Waals surface area (Å²) in [5.74, 6) is 0. The van der Waals surface area contributed by atoms with Gasteiger partial charge in [0, 0.05) is 18.8 Å². The largest absolute Gasteiger partial charge is 0.399 e. The summed E-state index contributed by atoms with van der Waals surface area (Å²) >= 11 is 0. The molecule has 0 aliphatic heterocycles. The van der Waals surface area contributed by atoms with Gasteiger partial charge in [0.15, 0.2) is 0 Å². The van der Waals surface area contributed by atoms with Crippen molar-refractivity contribution in [1.82, 2.24) is 4.31 Å². The lowest BCUT2D eigenvalue weighted by molar-refractivity contribution is 0.441. The molecule has 94 valence electrons. The van der Waals surface area contributed by atoms with Crippen molar-refractivity contribution in [2.45, 2.75) is 18.2 Å². The molecule has 17 heavy (non-hydrogen) atoms.